The fraction of sp³-hybridized carbons (Fsp3) is 0.556. The first-order valence-electron chi connectivity index (χ1n) is 8.49. The number of carbonyl (C=O) groups is 2. The number of aliphatic carboxylic acids is 1. The smallest absolute Gasteiger partial charge is 0.475 e. The van der Waals surface area contributed by atoms with Crippen molar-refractivity contribution in [3.8, 4) is 0 Å². The summed E-state index contributed by atoms with van der Waals surface area (Å²) in [6, 6.07) is 7.62. The molecule has 0 bridgehead atoms. The summed E-state index contributed by atoms with van der Waals surface area (Å²) >= 11 is 0. The summed E-state index contributed by atoms with van der Waals surface area (Å²) in [5.41, 5.74) is 8.02. The number of carbonyl (C=O) groups excluding carboxylic acids is 1. The summed E-state index contributed by atoms with van der Waals surface area (Å²) in [6.45, 7) is 2.22. The molecule has 0 radical (unpaired) electrons. The summed E-state index contributed by atoms with van der Waals surface area (Å²) in [6.07, 6.45) is 1.19. The Kier molecular flexibility index (Phi) is 8.57. The minimum atomic E-state index is -5.08. The Bertz CT molecular complexity index is 598. The number of alkyl halides is 3. The van der Waals surface area contributed by atoms with Crippen LogP contribution in [0.15, 0.2) is 24.3 Å². The number of hydrogen-bond donors (Lipinski definition) is 2. The minimum absolute atomic E-state index is 0.0367. The van der Waals surface area contributed by atoms with Gasteiger partial charge in [0.1, 0.15) is 0 Å². The molecule has 1 aromatic carbocycles. The second kappa shape index (κ2) is 10.2. The molecule has 1 atom stereocenters. The van der Waals surface area contributed by atoms with Crippen LogP contribution in [0.25, 0.3) is 0 Å². The van der Waals surface area contributed by atoms with Crippen molar-refractivity contribution in [3.63, 3.8) is 0 Å². The van der Waals surface area contributed by atoms with Gasteiger partial charge in [0.15, 0.2) is 0 Å². The normalized spacial score (nSPS) is 16.2. The third-order valence-corrected chi connectivity index (χ3v) is 4.18. The van der Waals surface area contributed by atoms with Gasteiger partial charge in [0.05, 0.1) is 12.2 Å². The molecule has 1 aliphatic rings. The Balaban J connectivity index is 0.000000412. The summed E-state index contributed by atoms with van der Waals surface area (Å²) in [5.74, 6) is -2.47. The lowest BCUT2D eigenvalue weighted by atomic mass is 9.81. The topological polar surface area (TPSA) is 89.6 Å². The van der Waals surface area contributed by atoms with E-state index in [0.717, 1.165) is 5.56 Å². The highest BCUT2D eigenvalue weighted by Gasteiger charge is 2.38. The van der Waals surface area contributed by atoms with Gasteiger partial charge in [-0.05, 0) is 43.4 Å². The molecule has 0 aromatic heterocycles. The maximum atomic E-state index is 11.7. The monoisotopic (exact) mass is 375 g/mol. The first-order chi connectivity index (χ1) is 12.2. The number of hydrogen-bond acceptors (Lipinski definition) is 4. The van der Waals surface area contributed by atoms with Gasteiger partial charge >= 0.3 is 18.1 Å². The van der Waals surface area contributed by atoms with E-state index in [2.05, 4.69) is 0 Å². The second-order valence-corrected chi connectivity index (χ2v) is 6.07. The van der Waals surface area contributed by atoms with Crippen LogP contribution in [0.3, 0.4) is 0 Å². The van der Waals surface area contributed by atoms with Crippen molar-refractivity contribution < 1.29 is 32.6 Å². The molecule has 146 valence electrons. The maximum Gasteiger partial charge on any atom is 0.490 e. The highest BCUT2D eigenvalue weighted by Crippen LogP contribution is 2.33. The molecule has 1 unspecified atom stereocenters. The lowest BCUT2D eigenvalue weighted by Crippen LogP contribution is -2.23. The molecule has 26 heavy (non-hydrogen) atoms. The first kappa shape index (κ1) is 22.0. The molecule has 0 aliphatic heterocycles. The molecular formula is C18H24F3NO4. The third kappa shape index (κ3) is 7.03. The summed E-state index contributed by atoms with van der Waals surface area (Å²) in [4.78, 5) is 20.6. The second-order valence-electron chi connectivity index (χ2n) is 6.07. The van der Waals surface area contributed by atoms with Crippen LogP contribution in [-0.4, -0.2) is 29.8 Å². The summed E-state index contributed by atoms with van der Waals surface area (Å²) in [7, 11) is 0. The number of halogens is 3. The number of benzene rings is 1. The zero-order chi connectivity index (χ0) is 19.7. The van der Waals surface area contributed by atoms with Crippen LogP contribution in [0.2, 0.25) is 0 Å². The molecule has 1 aromatic rings. The highest BCUT2D eigenvalue weighted by molar-refractivity contribution is 5.89. The number of carboxylic acid groups (broad SMARTS) is 1. The maximum absolute atomic E-state index is 11.7. The average Bonchev–Trinajstić information content (AvgIpc) is 2.62. The molecule has 0 saturated heterocycles. The number of esters is 1. The van der Waals surface area contributed by atoms with Gasteiger partial charge in [0, 0.05) is 6.04 Å². The van der Waals surface area contributed by atoms with E-state index in [-0.39, 0.29) is 12.0 Å². The van der Waals surface area contributed by atoms with E-state index < -0.39 is 12.1 Å². The number of nitrogens with two attached hydrogens (primary N) is 1. The van der Waals surface area contributed by atoms with E-state index in [1.807, 2.05) is 25.1 Å². The Labute approximate surface area is 150 Å². The van der Waals surface area contributed by atoms with E-state index >= 15 is 0 Å². The van der Waals surface area contributed by atoms with Crippen molar-refractivity contribution in [2.75, 3.05) is 6.61 Å². The van der Waals surface area contributed by atoms with Gasteiger partial charge in [-0.25, -0.2) is 9.59 Å². The zero-order valence-electron chi connectivity index (χ0n) is 14.6. The van der Waals surface area contributed by atoms with Gasteiger partial charge in [0.25, 0.3) is 0 Å². The van der Waals surface area contributed by atoms with Crippen LogP contribution in [0, 0.1) is 5.92 Å². The van der Waals surface area contributed by atoms with Gasteiger partial charge in [-0.2, -0.15) is 13.2 Å². The molecule has 0 amide bonds. The van der Waals surface area contributed by atoms with E-state index in [4.69, 9.17) is 20.4 Å². The van der Waals surface area contributed by atoms with Crippen LogP contribution in [-0.2, 0) is 9.53 Å². The lowest BCUT2D eigenvalue weighted by molar-refractivity contribution is -0.192. The zero-order valence-corrected chi connectivity index (χ0v) is 14.6. The van der Waals surface area contributed by atoms with Crippen LogP contribution in [0.4, 0.5) is 13.2 Å². The van der Waals surface area contributed by atoms with Crippen molar-refractivity contribution in [2.24, 2.45) is 11.7 Å². The molecule has 2 rings (SSSR count). The summed E-state index contributed by atoms with van der Waals surface area (Å²) in [5, 5.41) is 7.12. The number of ether oxygens (including phenoxy) is 1. The molecule has 0 spiro atoms. The molecule has 0 heterocycles. The van der Waals surface area contributed by atoms with Crippen molar-refractivity contribution >= 4 is 11.9 Å². The van der Waals surface area contributed by atoms with E-state index in [9.17, 15) is 18.0 Å². The van der Waals surface area contributed by atoms with Gasteiger partial charge in [-0.15, -0.1) is 0 Å². The Hall–Kier alpha value is -2.09. The third-order valence-electron chi connectivity index (χ3n) is 4.18. The largest absolute Gasteiger partial charge is 0.490 e. The fourth-order valence-electron chi connectivity index (χ4n) is 2.85. The molecule has 3 N–H and O–H groups in total. The predicted molar refractivity (Wildman–Crippen MR) is 89.6 cm³/mol. The SMILES string of the molecule is CCOC(=O)c1cccc(C(N)C2CCCCC2)c1.O=C(O)C(F)(F)F. The van der Waals surface area contributed by atoms with Crippen LogP contribution in [0.5, 0.6) is 0 Å². The minimum Gasteiger partial charge on any atom is -0.475 e. The van der Waals surface area contributed by atoms with Gasteiger partial charge in [-0.3, -0.25) is 0 Å². The lowest BCUT2D eigenvalue weighted by Gasteiger charge is -2.27. The van der Waals surface area contributed by atoms with Crippen molar-refractivity contribution in [2.45, 2.75) is 51.2 Å². The summed E-state index contributed by atoms with van der Waals surface area (Å²) < 4.78 is 36.8. The van der Waals surface area contributed by atoms with E-state index in [1.54, 1.807) is 6.07 Å². The average molecular weight is 375 g/mol. The standard InChI is InChI=1S/C16H23NO2.C2HF3O2/c1-2-19-16(18)14-10-6-9-13(11-14)15(17)12-7-4-3-5-8-12;3-2(4,5)1(6)7/h6,9-12,15H,2-5,7-8,17H2,1H3;(H,6,7). The number of carboxylic acids is 1. The van der Waals surface area contributed by atoms with Crippen LogP contribution in [0.1, 0.15) is 61.0 Å². The van der Waals surface area contributed by atoms with Crippen molar-refractivity contribution in [1.82, 2.24) is 0 Å². The van der Waals surface area contributed by atoms with Crippen LogP contribution >= 0.6 is 0 Å². The highest BCUT2D eigenvalue weighted by atomic mass is 19.4. The Morgan fingerprint density at radius 3 is 2.35 bits per heavy atom. The molecule has 1 saturated carbocycles. The van der Waals surface area contributed by atoms with Gasteiger partial charge in [-0.1, -0.05) is 31.4 Å². The van der Waals surface area contributed by atoms with Crippen LogP contribution < -0.4 is 5.73 Å². The van der Waals surface area contributed by atoms with Gasteiger partial charge in [0.2, 0.25) is 0 Å². The quantitative estimate of drug-likeness (QED) is 0.774. The van der Waals surface area contributed by atoms with Crippen molar-refractivity contribution in [3.05, 3.63) is 35.4 Å². The Morgan fingerprint density at radius 2 is 1.85 bits per heavy atom. The van der Waals surface area contributed by atoms with E-state index in [0.29, 0.717) is 18.1 Å². The fourth-order valence-corrected chi connectivity index (χ4v) is 2.85. The Morgan fingerprint density at radius 1 is 1.27 bits per heavy atom. The molecular weight excluding hydrogens is 351 g/mol. The van der Waals surface area contributed by atoms with E-state index in [1.165, 1.54) is 32.1 Å². The molecule has 5 nitrogen and oxygen atoms in total. The molecule has 8 heteroatoms. The predicted octanol–water partition coefficient (Wildman–Crippen LogP) is 4.08. The first-order valence-corrected chi connectivity index (χ1v) is 8.49. The van der Waals surface area contributed by atoms with Gasteiger partial charge < -0.3 is 15.6 Å². The molecule has 1 fully saturated rings. The molecule has 1 aliphatic carbocycles. The van der Waals surface area contributed by atoms with Crippen molar-refractivity contribution in [1.29, 1.82) is 0 Å². The number of rotatable bonds is 4.